The fraction of sp³-hybridized carbons (Fsp3) is 0.500. The molecular weight excluding hydrogens is 320 g/mol. The van der Waals surface area contributed by atoms with Crippen LogP contribution in [0.4, 0.5) is 0 Å². The van der Waals surface area contributed by atoms with E-state index in [1.54, 1.807) is 17.2 Å². The molecule has 0 bridgehead atoms. The average Bonchev–Trinajstić information content (AvgIpc) is 3.19. The fourth-order valence-corrected chi connectivity index (χ4v) is 3.85. The number of carbonyl (C=O) groups excluding carboxylic acids is 1. The van der Waals surface area contributed by atoms with Crippen LogP contribution in [-0.4, -0.2) is 62.1 Å². The fourth-order valence-electron chi connectivity index (χ4n) is 3.85. The van der Waals surface area contributed by atoms with Gasteiger partial charge in [0.1, 0.15) is 12.7 Å². The molecule has 2 saturated heterocycles. The SMILES string of the molecule is O=C(c1ccccc1-n1cnnc1)N1CCC2(CC1)OCCC[C@@H]2O. The molecule has 1 aromatic heterocycles. The first-order valence-electron chi connectivity index (χ1n) is 8.75. The van der Waals surface area contributed by atoms with Crippen LogP contribution < -0.4 is 0 Å². The molecule has 3 heterocycles. The van der Waals surface area contributed by atoms with Gasteiger partial charge in [-0.25, -0.2) is 0 Å². The number of ether oxygens (including phenoxy) is 1. The summed E-state index contributed by atoms with van der Waals surface area (Å²) in [6.45, 7) is 1.88. The smallest absolute Gasteiger partial charge is 0.255 e. The average molecular weight is 342 g/mol. The number of hydrogen-bond donors (Lipinski definition) is 1. The van der Waals surface area contributed by atoms with Gasteiger partial charge in [-0.2, -0.15) is 0 Å². The van der Waals surface area contributed by atoms with E-state index in [9.17, 15) is 9.90 Å². The topological polar surface area (TPSA) is 80.5 Å². The van der Waals surface area contributed by atoms with Crippen LogP contribution in [0.25, 0.3) is 5.69 Å². The summed E-state index contributed by atoms with van der Waals surface area (Å²) in [6.07, 6.45) is 5.78. The maximum atomic E-state index is 13.0. The van der Waals surface area contributed by atoms with E-state index in [1.165, 1.54) is 0 Å². The second kappa shape index (κ2) is 6.57. The zero-order chi connectivity index (χ0) is 17.3. The molecule has 2 aromatic rings. The van der Waals surface area contributed by atoms with Gasteiger partial charge in [0.25, 0.3) is 5.91 Å². The summed E-state index contributed by atoms with van der Waals surface area (Å²) in [5, 5.41) is 18.0. The lowest BCUT2D eigenvalue weighted by molar-refractivity contribution is -0.174. The zero-order valence-electron chi connectivity index (χ0n) is 14.0. The van der Waals surface area contributed by atoms with E-state index in [-0.39, 0.29) is 5.91 Å². The van der Waals surface area contributed by atoms with Crippen molar-refractivity contribution < 1.29 is 14.6 Å². The Balaban J connectivity index is 1.52. The van der Waals surface area contributed by atoms with Gasteiger partial charge in [-0.1, -0.05) is 12.1 Å². The normalized spacial score (nSPS) is 22.9. The van der Waals surface area contributed by atoms with Crippen LogP contribution in [0.15, 0.2) is 36.9 Å². The van der Waals surface area contributed by atoms with Crippen LogP contribution in [0, 0.1) is 0 Å². The summed E-state index contributed by atoms with van der Waals surface area (Å²) < 4.78 is 7.67. The van der Waals surface area contributed by atoms with Gasteiger partial charge < -0.3 is 14.7 Å². The maximum absolute atomic E-state index is 13.0. The summed E-state index contributed by atoms with van der Waals surface area (Å²) in [5.74, 6) is -0.00977. The molecule has 7 heteroatoms. The predicted octanol–water partition coefficient (Wildman–Crippen LogP) is 1.41. The second-order valence-electron chi connectivity index (χ2n) is 6.75. The first-order valence-corrected chi connectivity index (χ1v) is 8.75. The molecule has 7 nitrogen and oxygen atoms in total. The predicted molar refractivity (Wildman–Crippen MR) is 90.4 cm³/mol. The summed E-state index contributed by atoms with van der Waals surface area (Å²) in [6, 6.07) is 7.47. The summed E-state index contributed by atoms with van der Waals surface area (Å²) in [4.78, 5) is 14.9. The number of para-hydroxylation sites is 1. The Morgan fingerprint density at radius 1 is 1.20 bits per heavy atom. The van der Waals surface area contributed by atoms with Gasteiger partial charge in [-0.05, 0) is 37.8 Å². The highest BCUT2D eigenvalue weighted by Crippen LogP contribution is 2.35. The number of piperidine rings is 1. The molecule has 2 aliphatic rings. The summed E-state index contributed by atoms with van der Waals surface area (Å²) in [5.41, 5.74) is 0.929. The quantitative estimate of drug-likeness (QED) is 0.893. The Bertz CT molecular complexity index is 739. The minimum Gasteiger partial charge on any atom is -0.390 e. The van der Waals surface area contributed by atoms with Crippen LogP contribution in [0.5, 0.6) is 0 Å². The summed E-state index contributed by atoms with van der Waals surface area (Å²) >= 11 is 0. The molecule has 1 aromatic carbocycles. The number of amides is 1. The first kappa shape index (κ1) is 16.2. The molecular formula is C18H22N4O3. The first-order chi connectivity index (χ1) is 12.2. The highest BCUT2D eigenvalue weighted by Gasteiger charge is 2.44. The van der Waals surface area contributed by atoms with E-state index in [4.69, 9.17) is 4.74 Å². The Labute approximate surface area is 146 Å². The molecule has 1 amide bonds. The molecule has 0 radical (unpaired) electrons. The molecule has 2 aliphatic heterocycles. The van der Waals surface area contributed by atoms with Crippen molar-refractivity contribution in [1.29, 1.82) is 0 Å². The van der Waals surface area contributed by atoms with Crippen LogP contribution in [0.1, 0.15) is 36.0 Å². The molecule has 0 unspecified atom stereocenters. The monoisotopic (exact) mass is 342 g/mol. The van der Waals surface area contributed by atoms with Crippen molar-refractivity contribution in [2.45, 2.75) is 37.4 Å². The molecule has 132 valence electrons. The number of nitrogens with zero attached hydrogens (tertiary/aromatic N) is 4. The number of aliphatic hydroxyl groups is 1. The zero-order valence-corrected chi connectivity index (χ0v) is 14.0. The van der Waals surface area contributed by atoms with Crippen LogP contribution in [0.3, 0.4) is 0 Å². The third-order valence-electron chi connectivity index (χ3n) is 5.35. The molecule has 4 rings (SSSR count). The Kier molecular flexibility index (Phi) is 4.27. The largest absolute Gasteiger partial charge is 0.390 e. The number of carbonyl (C=O) groups is 1. The van der Waals surface area contributed by atoms with E-state index in [1.807, 2.05) is 29.2 Å². The minimum atomic E-state index is -0.469. The Morgan fingerprint density at radius 3 is 2.64 bits per heavy atom. The lowest BCUT2D eigenvalue weighted by Crippen LogP contribution is -2.56. The third kappa shape index (κ3) is 2.94. The number of rotatable bonds is 2. The minimum absolute atomic E-state index is 0.00977. The van der Waals surface area contributed by atoms with E-state index < -0.39 is 11.7 Å². The van der Waals surface area contributed by atoms with Crippen LogP contribution in [0.2, 0.25) is 0 Å². The summed E-state index contributed by atoms with van der Waals surface area (Å²) in [7, 11) is 0. The third-order valence-corrected chi connectivity index (χ3v) is 5.35. The van der Waals surface area contributed by atoms with Gasteiger partial charge in [0.15, 0.2) is 0 Å². The molecule has 25 heavy (non-hydrogen) atoms. The van der Waals surface area contributed by atoms with Crippen molar-refractivity contribution in [3.63, 3.8) is 0 Å². The highest BCUT2D eigenvalue weighted by molar-refractivity contribution is 5.97. The number of benzene rings is 1. The van der Waals surface area contributed by atoms with Gasteiger partial charge in [0, 0.05) is 19.7 Å². The van der Waals surface area contributed by atoms with Crippen molar-refractivity contribution in [3.05, 3.63) is 42.5 Å². The lowest BCUT2D eigenvalue weighted by Gasteiger charge is -2.46. The standard InChI is InChI=1S/C18H22N4O3/c23-16-6-3-11-25-18(16)7-9-21(10-8-18)17(24)14-4-1-2-5-15(14)22-12-19-20-13-22/h1-2,4-5,12-13,16,23H,3,6-11H2/t16-/m0/s1. The highest BCUT2D eigenvalue weighted by atomic mass is 16.5. The molecule has 1 N–H and O–H groups in total. The molecule has 0 aliphatic carbocycles. The van der Waals surface area contributed by atoms with E-state index in [2.05, 4.69) is 10.2 Å². The van der Waals surface area contributed by atoms with E-state index in [0.717, 1.165) is 18.5 Å². The number of aromatic nitrogens is 3. The van der Waals surface area contributed by atoms with E-state index in [0.29, 0.717) is 38.1 Å². The van der Waals surface area contributed by atoms with Gasteiger partial charge in [-0.3, -0.25) is 9.36 Å². The van der Waals surface area contributed by atoms with Crippen molar-refractivity contribution in [2.75, 3.05) is 19.7 Å². The van der Waals surface area contributed by atoms with Crippen molar-refractivity contribution >= 4 is 5.91 Å². The van der Waals surface area contributed by atoms with Crippen molar-refractivity contribution in [2.24, 2.45) is 0 Å². The lowest BCUT2D eigenvalue weighted by atomic mass is 9.82. The van der Waals surface area contributed by atoms with Gasteiger partial charge in [0.05, 0.1) is 23.0 Å². The molecule has 1 spiro atoms. The van der Waals surface area contributed by atoms with Crippen LogP contribution >= 0.6 is 0 Å². The van der Waals surface area contributed by atoms with Gasteiger partial charge in [-0.15, -0.1) is 10.2 Å². The van der Waals surface area contributed by atoms with Crippen molar-refractivity contribution in [1.82, 2.24) is 19.7 Å². The van der Waals surface area contributed by atoms with Crippen LogP contribution in [-0.2, 0) is 4.74 Å². The van der Waals surface area contributed by atoms with E-state index >= 15 is 0 Å². The molecule has 2 fully saturated rings. The van der Waals surface area contributed by atoms with Gasteiger partial charge >= 0.3 is 0 Å². The van der Waals surface area contributed by atoms with Crippen molar-refractivity contribution in [3.8, 4) is 5.69 Å². The number of hydrogen-bond acceptors (Lipinski definition) is 5. The molecule has 0 saturated carbocycles. The maximum Gasteiger partial charge on any atom is 0.255 e. The molecule has 1 atom stereocenters. The Hall–Kier alpha value is -2.25. The Morgan fingerprint density at radius 2 is 1.92 bits per heavy atom. The van der Waals surface area contributed by atoms with Gasteiger partial charge in [0.2, 0.25) is 0 Å². The number of likely N-dealkylation sites (tertiary alicyclic amines) is 1. The number of aliphatic hydroxyl groups excluding tert-OH is 1. The second-order valence-corrected chi connectivity index (χ2v) is 6.75.